The minimum Gasteiger partial charge on any atom is -0.485 e. The van der Waals surface area contributed by atoms with Crippen LogP contribution in [0.5, 0.6) is 5.75 Å². The molecule has 1 aromatic rings. The van der Waals surface area contributed by atoms with Gasteiger partial charge in [-0.2, -0.15) is 0 Å². The molecule has 1 saturated heterocycles. The van der Waals surface area contributed by atoms with Gasteiger partial charge in [-0.15, -0.1) is 0 Å². The third kappa shape index (κ3) is 14.7. The summed E-state index contributed by atoms with van der Waals surface area (Å²) in [6, 6.07) is 11.9. The second-order valence-corrected chi connectivity index (χ2v) is 13.8. The van der Waals surface area contributed by atoms with Gasteiger partial charge < -0.3 is 19.0 Å². The Morgan fingerprint density at radius 2 is 1.83 bits per heavy atom. The summed E-state index contributed by atoms with van der Waals surface area (Å²) in [6.45, 7) is 4.52. The molecule has 0 radical (unpaired) electrons. The zero-order valence-corrected chi connectivity index (χ0v) is 24.6. The lowest BCUT2D eigenvalue weighted by atomic mass is 10.1. The molecule has 2 rings (SSSR count). The van der Waals surface area contributed by atoms with E-state index in [0.29, 0.717) is 6.79 Å². The Kier molecular flexibility index (Phi) is 18.3. The molecule has 36 heavy (non-hydrogen) atoms. The van der Waals surface area contributed by atoms with E-state index in [0.717, 1.165) is 50.3 Å². The number of para-hydroxylation sites is 1. The van der Waals surface area contributed by atoms with Crippen molar-refractivity contribution in [3.63, 3.8) is 0 Å². The number of hydroxylamine groups is 1. The lowest BCUT2D eigenvalue weighted by Crippen LogP contribution is -2.42. The van der Waals surface area contributed by atoms with E-state index in [-0.39, 0.29) is 17.8 Å². The molecule has 0 aromatic heterocycles. The Balaban J connectivity index is 1.52. The number of benzene rings is 1. The van der Waals surface area contributed by atoms with Crippen LogP contribution >= 0.6 is 11.8 Å². The van der Waals surface area contributed by atoms with Crippen molar-refractivity contribution >= 4 is 25.8 Å². The zero-order chi connectivity index (χ0) is 25.7. The highest BCUT2D eigenvalue weighted by atomic mass is 32.2. The molecule has 1 aliphatic heterocycles. The summed E-state index contributed by atoms with van der Waals surface area (Å²) in [5, 5.41) is 0.0935. The van der Waals surface area contributed by atoms with Gasteiger partial charge in [0.25, 0.3) is 0 Å². The zero-order valence-electron chi connectivity index (χ0n) is 22.7. The average molecular weight is 540 g/mol. The lowest BCUT2D eigenvalue weighted by molar-refractivity contribution is -0.112. The molecule has 6 nitrogen and oxygen atoms in total. The van der Waals surface area contributed by atoms with Crippen LogP contribution in [0.3, 0.4) is 0 Å². The van der Waals surface area contributed by atoms with Crippen molar-refractivity contribution in [3.8, 4) is 5.75 Å². The normalized spacial score (nSPS) is 19.1. The van der Waals surface area contributed by atoms with Gasteiger partial charge in [-0.25, -0.2) is 4.73 Å². The number of carbonyl (C=O) groups excluding carboxylic acids is 1. The molecule has 0 N–H and O–H groups in total. The summed E-state index contributed by atoms with van der Waals surface area (Å²) < 4.78 is 19.6. The van der Waals surface area contributed by atoms with E-state index in [2.05, 4.69) is 11.7 Å². The number of nitrogens with zero attached hydrogens (tertiary/aromatic N) is 1. The van der Waals surface area contributed by atoms with Crippen molar-refractivity contribution in [3.05, 3.63) is 30.3 Å². The molecule has 1 heterocycles. The van der Waals surface area contributed by atoms with E-state index in [1.165, 1.54) is 68.8 Å². The number of hydrogen-bond donors (Lipinski definition) is 0. The lowest BCUT2D eigenvalue weighted by Gasteiger charge is -2.33. The fraction of sp³-hybridized carbons (Fsp3) is 0.750. The van der Waals surface area contributed by atoms with Crippen LogP contribution in [-0.2, 0) is 19.1 Å². The number of rotatable bonds is 19. The van der Waals surface area contributed by atoms with Gasteiger partial charge in [0.15, 0.2) is 6.61 Å². The van der Waals surface area contributed by atoms with Crippen molar-refractivity contribution in [2.45, 2.75) is 95.7 Å². The van der Waals surface area contributed by atoms with Gasteiger partial charge in [0, 0.05) is 18.9 Å². The van der Waals surface area contributed by atoms with Crippen molar-refractivity contribution in [2.24, 2.45) is 0 Å². The molecule has 0 bridgehead atoms. The minimum atomic E-state index is -1.16. The van der Waals surface area contributed by atoms with E-state index >= 15 is 0 Å². The maximum atomic E-state index is 12.1. The third-order valence-electron chi connectivity index (χ3n) is 6.70. The number of hydrogen-bond acceptors (Lipinski definition) is 7. The summed E-state index contributed by atoms with van der Waals surface area (Å²) in [5.74, 6) is 1.59. The fourth-order valence-corrected chi connectivity index (χ4v) is 8.62. The Bertz CT molecular complexity index is 669. The van der Waals surface area contributed by atoms with Crippen LogP contribution in [-0.4, -0.2) is 64.3 Å². The molecule has 0 aliphatic carbocycles. The predicted octanol–water partition coefficient (Wildman–Crippen LogP) is 6.60. The van der Waals surface area contributed by atoms with Gasteiger partial charge in [0.05, 0.1) is 13.2 Å². The molecule has 206 valence electrons. The quantitative estimate of drug-likeness (QED) is 0.112. The highest BCUT2D eigenvalue weighted by Crippen LogP contribution is 2.22. The van der Waals surface area contributed by atoms with Crippen LogP contribution in [0.15, 0.2) is 30.3 Å². The molecular weight excluding hydrogens is 490 g/mol. The standard InChI is InChI=1S/C28H49NO5SSi/c1-3-4-5-6-7-8-12-20-32-25-34-27-17-13-22-36(29(31-2)19-18-27)23-14-21-35-28(30)24-33-26-15-10-9-11-16-26/h9-11,15-16,27,36H,3-8,12-14,17-25H2,1-2H3. The molecule has 8 heteroatoms. The first-order valence-electron chi connectivity index (χ1n) is 14.1. The molecule has 2 unspecified atom stereocenters. The van der Waals surface area contributed by atoms with E-state index in [1.807, 2.05) is 30.3 Å². The van der Waals surface area contributed by atoms with Gasteiger partial charge in [-0.1, -0.05) is 81.8 Å². The summed E-state index contributed by atoms with van der Waals surface area (Å²) in [7, 11) is 0.634. The topological polar surface area (TPSA) is 57.2 Å². The maximum Gasteiger partial charge on any atom is 0.226 e. The summed E-state index contributed by atoms with van der Waals surface area (Å²) in [5.41, 5.74) is 0. The summed E-state index contributed by atoms with van der Waals surface area (Å²) >= 11 is 1.39. The first-order valence-corrected chi connectivity index (χ1v) is 17.2. The van der Waals surface area contributed by atoms with Crippen LogP contribution < -0.4 is 4.74 Å². The predicted molar refractivity (Wildman–Crippen MR) is 152 cm³/mol. The highest BCUT2D eigenvalue weighted by molar-refractivity contribution is 8.13. The van der Waals surface area contributed by atoms with Crippen molar-refractivity contribution in [1.29, 1.82) is 0 Å². The van der Waals surface area contributed by atoms with Crippen LogP contribution in [0.1, 0.15) is 77.6 Å². The Morgan fingerprint density at radius 3 is 2.61 bits per heavy atom. The van der Waals surface area contributed by atoms with Gasteiger partial charge in [-0.3, -0.25) is 4.79 Å². The maximum absolute atomic E-state index is 12.1. The Morgan fingerprint density at radius 1 is 1.06 bits per heavy atom. The molecule has 2 atom stereocenters. The minimum absolute atomic E-state index is 0.0935. The Labute approximate surface area is 225 Å². The Hall–Kier alpha value is -0.903. The second kappa shape index (κ2) is 21.1. The van der Waals surface area contributed by atoms with E-state index in [4.69, 9.17) is 19.0 Å². The van der Waals surface area contributed by atoms with Crippen molar-refractivity contribution < 1.29 is 23.8 Å². The molecule has 1 aromatic carbocycles. The number of ether oxygens (including phenoxy) is 3. The van der Waals surface area contributed by atoms with E-state index in [1.54, 1.807) is 7.11 Å². The summed E-state index contributed by atoms with van der Waals surface area (Å²) in [6.07, 6.45) is 13.7. The largest absolute Gasteiger partial charge is 0.485 e. The molecule has 1 aliphatic rings. The number of carbonyl (C=O) groups is 1. The first-order chi connectivity index (χ1) is 17.7. The SMILES string of the molecule is CCCCCCCCCOCOC1CCC[SiH](CCCSC(=O)COc2ccccc2)N(OC)CC1. The number of thioether (sulfide) groups is 1. The van der Waals surface area contributed by atoms with Gasteiger partial charge in [0.1, 0.15) is 21.5 Å². The number of unbranched alkanes of at least 4 members (excludes halogenated alkanes) is 6. The van der Waals surface area contributed by atoms with Gasteiger partial charge in [0.2, 0.25) is 5.12 Å². The molecule has 0 amide bonds. The van der Waals surface area contributed by atoms with Gasteiger partial charge >= 0.3 is 0 Å². The van der Waals surface area contributed by atoms with E-state index in [9.17, 15) is 4.79 Å². The molecule has 1 fully saturated rings. The van der Waals surface area contributed by atoms with Crippen LogP contribution in [0.2, 0.25) is 12.1 Å². The smallest absolute Gasteiger partial charge is 0.226 e. The van der Waals surface area contributed by atoms with Crippen LogP contribution in [0, 0.1) is 0 Å². The first kappa shape index (κ1) is 31.3. The second-order valence-electron chi connectivity index (χ2n) is 9.60. The third-order valence-corrected chi connectivity index (χ3v) is 11.1. The van der Waals surface area contributed by atoms with Crippen LogP contribution in [0.25, 0.3) is 0 Å². The van der Waals surface area contributed by atoms with Crippen LogP contribution in [0.4, 0.5) is 0 Å². The van der Waals surface area contributed by atoms with Crippen molar-refractivity contribution in [2.75, 3.05) is 39.4 Å². The molecule has 0 spiro atoms. The highest BCUT2D eigenvalue weighted by Gasteiger charge is 2.25. The van der Waals surface area contributed by atoms with E-state index < -0.39 is 8.96 Å². The fourth-order valence-electron chi connectivity index (χ4n) is 4.59. The molecule has 0 saturated carbocycles. The summed E-state index contributed by atoms with van der Waals surface area (Å²) in [4.78, 5) is 17.9. The molecular formula is C28H49NO5SSi. The average Bonchev–Trinajstić information content (AvgIpc) is 2.89. The van der Waals surface area contributed by atoms with Crippen molar-refractivity contribution in [1.82, 2.24) is 4.73 Å². The van der Waals surface area contributed by atoms with Gasteiger partial charge in [-0.05, 0) is 49.9 Å². The monoisotopic (exact) mass is 539 g/mol.